The number of methoxy groups -OCH3 is 1. The summed E-state index contributed by atoms with van der Waals surface area (Å²) in [6.45, 7) is 5.36. The largest absolute Gasteiger partial charge is 0.496 e. The Balaban J connectivity index is 2.09. The lowest BCUT2D eigenvalue weighted by Gasteiger charge is -2.34. The van der Waals surface area contributed by atoms with Gasteiger partial charge in [-0.3, -0.25) is 4.90 Å². The van der Waals surface area contributed by atoms with Gasteiger partial charge in [0.1, 0.15) is 5.75 Å². The van der Waals surface area contributed by atoms with E-state index < -0.39 is 0 Å². The molecule has 4 nitrogen and oxygen atoms in total. The van der Waals surface area contributed by atoms with E-state index in [9.17, 15) is 5.11 Å². The highest BCUT2D eigenvalue weighted by molar-refractivity contribution is 5.37. The lowest BCUT2D eigenvalue weighted by Crippen LogP contribution is -2.41. The Morgan fingerprint density at radius 3 is 2.89 bits per heavy atom. The number of ether oxygens (including phenoxy) is 1. The number of benzene rings is 1. The topological polar surface area (TPSA) is 58.7 Å². The average Bonchev–Trinajstić information content (AvgIpc) is 2.43. The zero-order valence-corrected chi connectivity index (χ0v) is 11.8. The molecule has 2 atom stereocenters. The summed E-state index contributed by atoms with van der Waals surface area (Å²) in [4.78, 5) is 2.37. The minimum Gasteiger partial charge on any atom is -0.496 e. The van der Waals surface area contributed by atoms with Gasteiger partial charge in [0, 0.05) is 31.7 Å². The minimum atomic E-state index is -0.159. The zero-order chi connectivity index (χ0) is 13.8. The second-order valence-corrected chi connectivity index (χ2v) is 5.42. The van der Waals surface area contributed by atoms with Crippen LogP contribution in [0.1, 0.15) is 24.5 Å². The molecule has 0 saturated carbocycles. The molecule has 0 aromatic heterocycles. The first-order chi connectivity index (χ1) is 9.13. The molecule has 0 radical (unpaired) electrons. The van der Waals surface area contributed by atoms with E-state index in [0.717, 1.165) is 37.4 Å². The smallest absolute Gasteiger partial charge is 0.123 e. The standard InChI is InChI=1S/C15H24N2O2/c1-11-9-17(6-5-14(11)18)10-13-7-12(8-16)3-4-15(13)19-2/h3-4,7,11,14,18H,5-6,8-10,16H2,1-2H3. The van der Waals surface area contributed by atoms with Crippen LogP contribution in [0.15, 0.2) is 18.2 Å². The number of aliphatic hydroxyl groups excluding tert-OH is 1. The number of aliphatic hydroxyl groups is 1. The number of rotatable bonds is 4. The molecule has 1 heterocycles. The first-order valence-corrected chi connectivity index (χ1v) is 6.90. The van der Waals surface area contributed by atoms with Crippen molar-refractivity contribution in [1.29, 1.82) is 0 Å². The Morgan fingerprint density at radius 1 is 1.47 bits per heavy atom. The van der Waals surface area contributed by atoms with Crippen molar-refractivity contribution in [2.45, 2.75) is 32.5 Å². The highest BCUT2D eigenvalue weighted by Crippen LogP contribution is 2.24. The van der Waals surface area contributed by atoms with Gasteiger partial charge in [0.25, 0.3) is 0 Å². The lowest BCUT2D eigenvalue weighted by molar-refractivity contribution is 0.0318. The maximum atomic E-state index is 9.78. The maximum absolute atomic E-state index is 9.78. The Bertz CT molecular complexity index is 423. The minimum absolute atomic E-state index is 0.159. The van der Waals surface area contributed by atoms with Gasteiger partial charge in [0.15, 0.2) is 0 Å². The highest BCUT2D eigenvalue weighted by Gasteiger charge is 2.24. The molecule has 4 heteroatoms. The number of likely N-dealkylation sites (tertiary alicyclic amines) is 1. The normalized spacial score (nSPS) is 24.4. The van der Waals surface area contributed by atoms with E-state index >= 15 is 0 Å². The van der Waals surface area contributed by atoms with E-state index in [1.807, 2.05) is 12.1 Å². The van der Waals surface area contributed by atoms with Crippen molar-refractivity contribution >= 4 is 0 Å². The summed E-state index contributed by atoms with van der Waals surface area (Å²) in [5.41, 5.74) is 8.00. The fourth-order valence-corrected chi connectivity index (χ4v) is 2.69. The van der Waals surface area contributed by atoms with Crippen molar-refractivity contribution in [3.05, 3.63) is 29.3 Å². The van der Waals surface area contributed by atoms with Crippen molar-refractivity contribution in [2.75, 3.05) is 20.2 Å². The molecular formula is C15H24N2O2. The predicted molar refractivity (Wildman–Crippen MR) is 76.0 cm³/mol. The summed E-state index contributed by atoms with van der Waals surface area (Å²) in [7, 11) is 1.70. The summed E-state index contributed by atoms with van der Waals surface area (Å²) in [5.74, 6) is 1.24. The molecule has 3 N–H and O–H groups in total. The molecule has 0 bridgehead atoms. The van der Waals surface area contributed by atoms with Gasteiger partial charge in [-0.15, -0.1) is 0 Å². The lowest BCUT2D eigenvalue weighted by atomic mass is 9.96. The van der Waals surface area contributed by atoms with Gasteiger partial charge < -0.3 is 15.6 Å². The van der Waals surface area contributed by atoms with E-state index in [4.69, 9.17) is 10.5 Å². The second-order valence-electron chi connectivity index (χ2n) is 5.42. The number of nitrogens with two attached hydrogens (primary N) is 1. The average molecular weight is 264 g/mol. The molecule has 1 aromatic carbocycles. The molecule has 2 rings (SSSR count). The fraction of sp³-hybridized carbons (Fsp3) is 0.600. The molecule has 1 saturated heterocycles. The summed E-state index contributed by atoms with van der Waals surface area (Å²) in [6, 6.07) is 6.11. The monoisotopic (exact) mass is 264 g/mol. The Hall–Kier alpha value is -1.10. The van der Waals surface area contributed by atoms with Gasteiger partial charge >= 0.3 is 0 Å². The first-order valence-electron chi connectivity index (χ1n) is 6.90. The number of piperidine rings is 1. The van der Waals surface area contributed by atoms with Crippen LogP contribution in [-0.4, -0.2) is 36.3 Å². The number of nitrogens with zero attached hydrogens (tertiary/aromatic N) is 1. The maximum Gasteiger partial charge on any atom is 0.123 e. The molecule has 106 valence electrons. The van der Waals surface area contributed by atoms with Crippen LogP contribution in [0.2, 0.25) is 0 Å². The molecule has 1 aromatic rings. The van der Waals surface area contributed by atoms with Crippen LogP contribution >= 0.6 is 0 Å². The summed E-state index contributed by atoms with van der Waals surface area (Å²) in [6.07, 6.45) is 0.689. The molecule has 1 aliphatic heterocycles. The third-order valence-corrected chi connectivity index (χ3v) is 3.92. The van der Waals surface area contributed by atoms with Crippen LogP contribution in [0.4, 0.5) is 0 Å². The van der Waals surface area contributed by atoms with Crippen LogP contribution in [0, 0.1) is 5.92 Å². The first kappa shape index (κ1) is 14.3. The van der Waals surface area contributed by atoms with Crippen LogP contribution in [0.25, 0.3) is 0 Å². The Kier molecular flexibility index (Phi) is 4.80. The van der Waals surface area contributed by atoms with E-state index in [2.05, 4.69) is 17.9 Å². The number of hydrogen-bond donors (Lipinski definition) is 2. The molecular weight excluding hydrogens is 240 g/mol. The van der Waals surface area contributed by atoms with Crippen molar-refractivity contribution in [3.8, 4) is 5.75 Å². The summed E-state index contributed by atoms with van der Waals surface area (Å²) < 4.78 is 5.42. The van der Waals surface area contributed by atoms with Crippen molar-refractivity contribution in [1.82, 2.24) is 4.90 Å². The second kappa shape index (κ2) is 6.37. The predicted octanol–water partition coefficient (Wildman–Crippen LogP) is 1.36. The summed E-state index contributed by atoms with van der Waals surface area (Å²) >= 11 is 0. The molecule has 2 unspecified atom stereocenters. The Morgan fingerprint density at radius 2 is 2.26 bits per heavy atom. The van der Waals surface area contributed by atoms with Crippen LogP contribution in [0.3, 0.4) is 0 Å². The third-order valence-electron chi connectivity index (χ3n) is 3.92. The van der Waals surface area contributed by atoms with E-state index in [1.165, 1.54) is 5.56 Å². The zero-order valence-electron chi connectivity index (χ0n) is 11.8. The van der Waals surface area contributed by atoms with Crippen molar-refractivity contribution < 1.29 is 9.84 Å². The Labute approximate surface area is 115 Å². The van der Waals surface area contributed by atoms with E-state index in [1.54, 1.807) is 7.11 Å². The van der Waals surface area contributed by atoms with Crippen molar-refractivity contribution in [3.63, 3.8) is 0 Å². The van der Waals surface area contributed by atoms with Gasteiger partial charge in [-0.2, -0.15) is 0 Å². The molecule has 0 spiro atoms. The molecule has 19 heavy (non-hydrogen) atoms. The van der Waals surface area contributed by atoms with Gasteiger partial charge in [0.2, 0.25) is 0 Å². The van der Waals surface area contributed by atoms with Crippen molar-refractivity contribution in [2.24, 2.45) is 11.7 Å². The molecule has 1 fully saturated rings. The quantitative estimate of drug-likeness (QED) is 0.862. The van der Waals surface area contributed by atoms with Crippen LogP contribution < -0.4 is 10.5 Å². The van der Waals surface area contributed by atoms with Crippen LogP contribution in [0.5, 0.6) is 5.75 Å². The summed E-state index contributed by atoms with van der Waals surface area (Å²) in [5, 5.41) is 9.78. The molecule has 0 amide bonds. The van der Waals surface area contributed by atoms with Gasteiger partial charge in [-0.25, -0.2) is 0 Å². The van der Waals surface area contributed by atoms with Gasteiger partial charge in [-0.05, 0) is 30.0 Å². The van der Waals surface area contributed by atoms with Gasteiger partial charge in [-0.1, -0.05) is 13.0 Å². The molecule has 1 aliphatic rings. The van der Waals surface area contributed by atoms with E-state index in [0.29, 0.717) is 12.5 Å². The van der Waals surface area contributed by atoms with Gasteiger partial charge in [0.05, 0.1) is 13.2 Å². The van der Waals surface area contributed by atoms with E-state index in [-0.39, 0.29) is 6.10 Å². The number of hydrogen-bond acceptors (Lipinski definition) is 4. The van der Waals surface area contributed by atoms with Crippen LogP contribution in [-0.2, 0) is 13.1 Å². The SMILES string of the molecule is COc1ccc(CN)cc1CN1CCC(O)C(C)C1. The highest BCUT2D eigenvalue weighted by atomic mass is 16.5. The fourth-order valence-electron chi connectivity index (χ4n) is 2.69. The third kappa shape index (κ3) is 3.47. The molecule has 0 aliphatic carbocycles.